The summed E-state index contributed by atoms with van der Waals surface area (Å²) in [6, 6.07) is 50.3. The van der Waals surface area contributed by atoms with Crippen LogP contribution in [0.1, 0.15) is 5.56 Å². The third-order valence-electron chi connectivity index (χ3n) is 7.58. The Morgan fingerprint density at radius 2 is 0.526 bits per heavy atom. The summed E-state index contributed by atoms with van der Waals surface area (Å²) in [5, 5.41) is 0. The number of hydrogen-bond donors (Lipinski definition) is 0. The van der Waals surface area contributed by atoms with Crippen molar-refractivity contribution in [3.8, 4) is 79.1 Å². The van der Waals surface area contributed by atoms with Gasteiger partial charge in [-0.3, -0.25) is 0 Å². The minimum atomic E-state index is 0.902. The van der Waals surface area contributed by atoms with E-state index in [0.29, 0.717) is 0 Å². The normalized spacial score (nSPS) is 11.1. The van der Waals surface area contributed by atoms with E-state index in [1.54, 1.807) is 0 Å². The monoisotopic (exact) mass is 480 g/mol. The highest BCUT2D eigenvalue weighted by Gasteiger charge is 2.09. The van der Waals surface area contributed by atoms with E-state index < -0.39 is 0 Å². The molecule has 0 N–H and O–H groups in total. The largest absolute Gasteiger partial charge is 0.115 e. The Balaban J connectivity index is 1.38. The number of benzene rings is 6. The molecule has 0 saturated heterocycles. The Bertz CT molecular complexity index is 1790. The van der Waals surface area contributed by atoms with Crippen molar-refractivity contribution >= 4 is 0 Å². The molecular weight excluding hydrogens is 456 g/mol. The number of hydrogen-bond acceptors (Lipinski definition) is 0. The van der Waals surface area contributed by atoms with E-state index in [1.807, 2.05) is 0 Å². The van der Waals surface area contributed by atoms with Gasteiger partial charge in [0.05, 0.1) is 0 Å². The van der Waals surface area contributed by atoms with Gasteiger partial charge in [0, 0.05) is 5.56 Å². The molecule has 0 aliphatic heterocycles. The molecule has 0 heteroatoms. The van der Waals surface area contributed by atoms with E-state index in [4.69, 9.17) is 6.42 Å². The van der Waals surface area contributed by atoms with Crippen LogP contribution in [-0.2, 0) is 0 Å². The van der Waals surface area contributed by atoms with Gasteiger partial charge in [-0.25, -0.2) is 0 Å². The van der Waals surface area contributed by atoms with E-state index >= 15 is 0 Å². The minimum absolute atomic E-state index is 0.902. The highest BCUT2D eigenvalue weighted by atomic mass is 14.1. The van der Waals surface area contributed by atoms with Gasteiger partial charge in [-0.2, -0.15) is 0 Å². The van der Waals surface area contributed by atoms with Gasteiger partial charge < -0.3 is 0 Å². The lowest BCUT2D eigenvalue weighted by Crippen LogP contribution is -1.88. The van der Waals surface area contributed by atoms with Crippen molar-refractivity contribution in [3.63, 3.8) is 0 Å². The SMILES string of the molecule is C#Cc1cc2ccc1-c1ccc(cc1)-c1ccc(cc1)-c1ccc(cc1)-c1ccc(cc1)-c1ccc-2cc1. The Morgan fingerprint density at radius 3 is 0.816 bits per heavy atom. The average Bonchev–Trinajstić information content (AvgIpc) is 3.01. The zero-order valence-corrected chi connectivity index (χ0v) is 20.9. The Morgan fingerprint density at radius 1 is 0.289 bits per heavy atom. The molecule has 22 rings (SSSR count). The van der Waals surface area contributed by atoms with Crippen molar-refractivity contribution in [3.05, 3.63) is 145 Å². The van der Waals surface area contributed by atoms with Gasteiger partial charge in [0.25, 0.3) is 0 Å². The predicted octanol–water partition coefficient (Wildman–Crippen LogP) is 9.98. The molecule has 6 aromatic rings. The smallest absolute Gasteiger partial charge is 0.0327 e. The molecule has 0 fully saturated rings. The Hall–Kier alpha value is -5.12. The predicted molar refractivity (Wildman–Crippen MR) is 161 cm³/mol. The van der Waals surface area contributed by atoms with Crippen molar-refractivity contribution in [2.75, 3.05) is 0 Å². The third-order valence-corrected chi connectivity index (χ3v) is 7.58. The minimum Gasteiger partial charge on any atom is -0.115 e. The summed E-state index contributed by atoms with van der Waals surface area (Å²) in [4.78, 5) is 0. The lowest BCUT2D eigenvalue weighted by Gasteiger charge is -2.11. The maximum atomic E-state index is 5.97. The zero-order chi connectivity index (χ0) is 25.5. The summed E-state index contributed by atoms with van der Waals surface area (Å²) in [6.07, 6.45) is 5.97. The van der Waals surface area contributed by atoms with Crippen LogP contribution in [0.25, 0.3) is 66.8 Å². The van der Waals surface area contributed by atoms with Gasteiger partial charge in [-0.15, -0.1) is 6.42 Å². The first-order chi connectivity index (χ1) is 18.7. The van der Waals surface area contributed by atoms with Gasteiger partial charge in [0.2, 0.25) is 0 Å². The molecule has 0 heterocycles. The standard InChI is InChI=1S/C38H24/c1-2-26-25-37-23-24-38(26)36-21-19-34(20-22-36)32-13-11-30(12-14-32)28-5-3-27(4-6-28)29-7-9-31(10-8-29)33-15-17-35(37)18-16-33/h1,3-25H. The fourth-order valence-electron chi connectivity index (χ4n) is 5.36. The second-order valence-corrected chi connectivity index (χ2v) is 9.79. The first-order valence-corrected chi connectivity index (χ1v) is 12.9. The molecule has 12 bridgehead atoms. The molecule has 0 spiro atoms. The van der Waals surface area contributed by atoms with E-state index in [-0.39, 0.29) is 0 Å². The molecule has 16 aliphatic rings. The lowest BCUT2D eigenvalue weighted by atomic mass is 9.92. The van der Waals surface area contributed by atoms with Gasteiger partial charge >= 0.3 is 0 Å². The van der Waals surface area contributed by atoms with Gasteiger partial charge in [-0.05, 0) is 72.8 Å². The topological polar surface area (TPSA) is 0 Å². The van der Waals surface area contributed by atoms with Crippen LogP contribution in [0.5, 0.6) is 0 Å². The third kappa shape index (κ3) is 3.92. The maximum Gasteiger partial charge on any atom is 0.0327 e. The quantitative estimate of drug-likeness (QED) is 0.189. The van der Waals surface area contributed by atoms with Crippen LogP contribution in [0.2, 0.25) is 0 Å². The average molecular weight is 481 g/mol. The molecule has 0 nitrogen and oxygen atoms in total. The van der Waals surface area contributed by atoms with Crippen molar-refractivity contribution in [2.24, 2.45) is 0 Å². The molecule has 0 atom stereocenters. The first-order valence-electron chi connectivity index (χ1n) is 12.9. The highest BCUT2D eigenvalue weighted by Crippen LogP contribution is 2.33. The van der Waals surface area contributed by atoms with Crippen LogP contribution in [0, 0.1) is 12.3 Å². The van der Waals surface area contributed by atoms with Gasteiger partial charge in [-0.1, -0.05) is 139 Å². The summed E-state index contributed by atoms with van der Waals surface area (Å²) in [6.45, 7) is 0. The molecule has 16 aliphatic carbocycles. The molecule has 38 heavy (non-hydrogen) atoms. The van der Waals surface area contributed by atoms with E-state index in [9.17, 15) is 0 Å². The summed E-state index contributed by atoms with van der Waals surface area (Å²) in [5.74, 6) is 2.91. The molecule has 0 amide bonds. The molecule has 6 aromatic carbocycles. The first kappa shape index (κ1) is 22.1. The second-order valence-electron chi connectivity index (χ2n) is 9.79. The number of terminal acetylenes is 1. The molecule has 0 radical (unpaired) electrons. The van der Waals surface area contributed by atoms with Crippen molar-refractivity contribution in [1.29, 1.82) is 0 Å². The lowest BCUT2D eigenvalue weighted by molar-refractivity contribution is 1.54. The van der Waals surface area contributed by atoms with Crippen LogP contribution in [-0.4, -0.2) is 0 Å². The fourth-order valence-corrected chi connectivity index (χ4v) is 5.36. The summed E-state index contributed by atoms with van der Waals surface area (Å²) in [5.41, 5.74) is 15.0. The van der Waals surface area contributed by atoms with Crippen LogP contribution in [0.3, 0.4) is 0 Å². The molecule has 0 saturated carbocycles. The number of rotatable bonds is 0. The van der Waals surface area contributed by atoms with Crippen molar-refractivity contribution < 1.29 is 0 Å². The molecule has 0 unspecified atom stereocenters. The molecule has 176 valence electrons. The van der Waals surface area contributed by atoms with Crippen LogP contribution < -0.4 is 0 Å². The van der Waals surface area contributed by atoms with E-state index in [0.717, 1.165) is 27.8 Å². The molecular formula is C38H24. The summed E-state index contributed by atoms with van der Waals surface area (Å²) < 4.78 is 0. The van der Waals surface area contributed by atoms with Gasteiger partial charge in [0.15, 0.2) is 0 Å². The van der Waals surface area contributed by atoms with Gasteiger partial charge in [0.1, 0.15) is 0 Å². The zero-order valence-electron chi connectivity index (χ0n) is 20.9. The second kappa shape index (κ2) is 9.07. The summed E-state index contributed by atoms with van der Waals surface area (Å²) in [7, 11) is 0. The van der Waals surface area contributed by atoms with E-state index in [1.165, 1.54) is 44.5 Å². The Kier molecular flexibility index (Phi) is 5.28. The van der Waals surface area contributed by atoms with Crippen molar-refractivity contribution in [2.45, 2.75) is 0 Å². The van der Waals surface area contributed by atoms with Crippen LogP contribution in [0.15, 0.2) is 140 Å². The molecule has 0 aromatic heterocycles. The highest BCUT2D eigenvalue weighted by molar-refractivity contribution is 5.80. The Labute approximate surface area is 223 Å². The van der Waals surface area contributed by atoms with E-state index in [2.05, 4.69) is 145 Å². The van der Waals surface area contributed by atoms with Crippen LogP contribution >= 0.6 is 0 Å². The fraction of sp³-hybridized carbons (Fsp3) is 0. The van der Waals surface area contributed by atoms with Crippen LogP contribution in [0.4, 0.5) is 0 Å². The van der Waals surface area contributed by atoms with Crippen molar-refractivity contribution in [1.82, 2.24) is 0 Å². The summed E-state index contributed by atoms with van der Waals surface area (Å²) >= 11 is 0. The maximum absolute atomic E-state index is 5.97.